The third kappa shape index (κ3) is 26.1. The van der Waals surface area contributed by atoms with E-state index < -0.39 is 170 Å². The second-order valence-electron chi connectivity index (χ2n) is 30.1. The van der Waals surface area contributed by atoms with Crippen molar-refractivity contribution in [3.8, 4) is 0 Å². The minimum Gasteiger partial charge on any atom is -0.394 e. The van der Waals surface area contributed by atoms with Crippen molar-refractivity contribution in [1.82, 2.24) is 60.5 Å². The summed E-state index contributed by atoms with van der Waals surface area (Å²) in [6.07, 6.45) is -1.30. The Morgan fingerprint density at radius 2 is 1.04 bits per heavy atom. The van der Waals surface area contributed by atoms with Gasteiger partial charge >= 0.3 is 0 Å². The fraction of sp³-hybridized carbons (Fsp3) is 0.693. The van der Waals surface area contributed by atoms with Gasteiger partial charge in [-0.05, 0) is 125 Å². The van der Waals surface area contributed by atoms with Gasteiger partial charge in [-0.15, -0.1) is 0 Å². The van der Waals surface area contributed by atoms with E-state index in [2.05, 4.69) is 21.3 Å². The van der Waals surface area contributed by atoms with Crippen LogP contribution in [0.25, 0.3) is 0 Å². The molecule has 11 amide bonds. The van der Waals surface area contributed by atoms with Gasteiger partial charge in [-0.3, -0.25) is 57.6 Å². The van der Waals surface area contributed by atoms with Crippen LogP contribution in [0.3, 0.4) is 0 Å². The number of likely N-dealkylation sites (tertiary alicyclic amines) is 1. The van der Waals surface area contributed by atoms with Gasteiger partial charge in [0.2, 0.25) is 65.0 Å². The van der Waals surface area contributed by atoms with Crippen LogP contribution >= 0.6 is 11.6 Å². The van der Waals surface area contributed by atoms with Gasteiger partial charge in [0.1, 0.15) is 60.6 Å². The number of nitrogens with one attached hydrogen (secondary N) is 4. The molecule has 0 saturated carbocycles. The molecule has 4 rings (SSSR count). The molecule has 103 heavy (non-hydrogen) atoms. The molecule has 0 radical (unpaired) electrons. The van der Waals surface area contributed by atoms with Crippen LogP contribution in [-0.4, -0.2) is 281 Å². The maximum absolute atomic E-state index is 15.6. The standard InChI is InChI=1S/C75H121ClN12O15/c1-45(2)36-54-70(97)83(14)57(31-30-51-26-21-19-22-27-51)73(100)84(15)59(38-47(5)6)68(95)80-64(50(11)90)75(102)81(12)43-63(92)82(13)58(37-46(3)4)66(93)78-55(72(99)88-32-23-20-24-33-88)42-62(91)87(18)65(49(9)10)69(96)79-56(44-103-35-34-89)71(98)86(17)61(39-48(7)8)74(101)85(16)60(67(94)77-54)41-52-28-25-29-53(76)40-52/h19,21-22,25-29,40,45-50,54-61,64-65,75,89-90,102H,20,23-24,30-39,41-44H2,1-18H3,(H,77,94)(H,78,93)(H,79,96)(H,80,95)/t50-,54+,55+,56+,57+,58+,59+,60+,61+,64+,65+,75?/m1/s1. The van der Waals surface area contributed by atoms with Crippen molar-refractivity contribution >= 4 is 76.6 Å². The van der Waals surface area contributed by atoms with Crippen molar-refractivity contribution < 1.29 is 72.8 Å². The minimum atomic E-state index is -1.76. The van der Waals surface area contributed by atoms with Crippen LogP contribution in [0.5, 0.6) is 0 Å². The molecule has 2 heterocycles. The zero-order valence-corrected chi connectivity index (χ0v) is 65.0. The van der Waals surface area contributed by atoms with E-state index in [-0.39, 0.29) is 75.2 Å². The molecule has 28 heteroatoms. The quantitative estimate of drug-likeness (QED) is 0.0935. The Morgan fingerprint density at radius 1 is 0.544 bits per heavy atom. The average molecular weight is 1470 g/mol. The van der Waals surface area contributed by atoms with Gasteiger partial charge in [0.25, 0.3) is 0 Å². The first-order chi connectivity index (χ1) is 48.3. The summed E-state index contributed by atoms with van der Waals surface area (Å²) < 4.78 is 5.73. The van der Waals surface area contributed by atoms with E-state index in [0.29, 0.717) is 36.5 Å². The number of aryl methyl sites for hydroxylation is 1. The number of hydrogen-bond donors (Lipinski definition) is 7. The Kier molecular flexibility index (Phi) is 35.9. The summed E-state index contributed by atoms with van der Waals surface area (Å²) in [5.41, 5.74) is 1.37. The van der Waals surface area contributed by atoms with Gasteiger partial charge in [0, 0.05) is 66.8 Å². The lowest BCUT2D eigenvalue weighted by molar-refractivity contribution is -0.152. The summed E-state index contributed by atoms with van der Waals surface area (Å²) in [4.78, 5) is 176. The predicted molar refractivity (Wildman–Crippen MR) is 393 cm³/mol. The molecular formula is C75H121ClN12O15. The monoisotopic (exact) mass is 1460 g/mol. The summed E-state index contributed by atoms with van der Waals surface area (Å²) in [6.45, 7) is 18.3. The maximum atomic E-state index is 15.6. The van der Waals surface area contributed by atoms with Crippen LogP contribution < -0.4 is 21.3 Å². The van der Waals surface area contributed by atoms with Crippen LogP contribution in [0.4, 0.5) is 0 Å². The minimum absolute atomic E-state index is 0.0336. The van der Waals surface area contributed by atoms with Gasteiger partial charge < -0.3 is 75.6 Å². The van der Waals surface area contributed by atoms with Crippen LogP contribution in [0, 0.1) is 29.6 Å². The average Bonchev–Trinajstić information content (AvgIpc) is 0.809. The lowest BCUT2D eigenvalue weighted by atomic mass is 9.96. The summed E-state index contributed by atoms with van der Waals surface area (Å²) in [6, 6.07) is 2.23. The van der Waals surface area contributed by atoms with Gasteiger partial charge in [-0.2, -0.15) is 0 Å². The first-order valence-electron chi connectivity index (χ1n) is 36.4. The third-order valence-corrected chi connectivity index (χ3v) is 19.6. The number of carbonyl (C=O) groups is 11. The molecule has 27 nitrogen and oxygen atoms in total. The number of aliphatic hydroxyl groups is 3. The van der Waals surface area contributed by atoms with Crippen LogP contribution in [0.1, 0.15) is 145 Å². The van der Waals surface area contributed by atoms with Crippen molar-refractivity contribution in [3.05, 3.63) is 70.7 Å². The number of piperidine rings is 1. The largest absolute Gasteiger partial charge is 0.394 e. The van der Waals surface area contributed by atoms with Crippen molar-refractivity contribution in [2.45, 2.75) is 220 Å². The summed E-state index contributed by atoms with van der Waals surface area (Å²) in [5.74, 6) is -9.60. The summed E-state index contributed by atoms with van der Waals surface area (Å²) in [7, 11) is 9.79. The van der Waals surface area contributed by atoms with E-state index in [4.69, 9.17) is 16.3 Å². The van der Waals surface area contributed by atoms with Crippen molar-refractivity contribution in [2.24, 2.45) is 29.6 Å². The number of halogens is 1. The second kappa shape index (κ2) is 42.0. The highest BCUT2D eigenvalue weighted by atomic mass is 35.5. The smallest absolute Gasteiger partial charge is 0.247 e. The summed E-state index contributed by atoms with van der Waals surface area (Å²) >= 11 is 6.54. The van der Waals surface area contributed by atoms with Gasteiger partial charge in [-0.25, -0.2) is 0 Å². The lowest BCUT2D eigenvalue weighted by Gasteiger charge is -2.39. The fourth-order valence-corrected chi connectivity index (χ4v) is 13.6. The van der Waals surface area contributed by atoms with Crippen molar-refractivity contribution in [3.63, 3.8) is 0 Å². The molecule has 0 aromatic heterocycles. The third-order valence-electron chi connectivity index (χ3n) is 19.4. The van der Waals surface area contributed by atoms with E-state index in [0.717, 1.165) is 21.8 Å². The second-order valence-corrected chi connectivity index (χ2v) is 30.6. The Balaban J connectivity index is 2.01. The van der Waals surface area contributed by atoms with Gasteiger partial charge in [0.15, 0.2) is 0 Å². The fourth-order valence-electron chi connectivity index (χ4n) is 13.4. The molecule has 0 aliphatic carbocycles. The molecule has 2 aliphatic rings. The van der Waals surface area contributed by atoms with Crippen LogP contribution in [0.2, 0.25) is 5.02 Å². The Labute approximate surface area is 615 Å². The molecule has 1 unspecified atom stereocenters. The number of carbonyl (C=O) groups excluding carboxylic acids is 11. The number of likely N-dealkylation sites (N-methyl/N-ethyl adjacent to an activating group) is 7. The van der Waals surface area contributed by atoms with Gasteiger partial charge in [-0.1, -0.05) is 123 Å². The number of amides is 11. The molecular weight excluding hydrogens is 1340 g/mol. The molecule has 2 saturated heterocycles. The Bertz CT molecular complexity index is 3130. The van der Waals surface area contributed by atoms with E-state index >= 15 is 24.0 Å². The van der Waals surface area contributed by atoms with Crippen molar-refractivity contribution in [2.75, 3.05) is 88.8 Å². The molecule has 2 fully saturated rings. The topological polar surface area (TPSA) is 332 Å². The zero-order valence-electron chi connectivity index (χ0n) is 64.2. The highest BCUT2D eigenvalue weighted by Gasteiger charge is 2.44. The predicted octanol–water partition coefficient (Wildman–Crippen LogP) is 3.31. The Hall–Kier alpha value is -7.30. The molecule has 2 aromatic rings. The first-order valence-corrected chi connectivity index (χ1v) is 36.8. The van der Waals surface area contributed by atoms with Crippen LogP contribution in [-0.2, 0) is 70.3 Å². The van der Waals surface area contributed by atoms with E-state index in [1.807, 2.05) is 85.7 Å². The molecule has 7 N–H and O–H groups in total. The number of rotatable bonds is 20. The maximum Gasteiger partial charge on any atom is 0.247 e. The van der Waals surface area contributed by atoms with E-state index in [9.17, 15) is 44.1 Å². The number of hydrogen-bond acceptors (Lipinski definition) is 16. The molecule has 0 spiro atoms. The highest BCUT2D eigenvalue weighted by molar-refractivity contribution is 6.30. The molecule has 2 aliphatic heterocycles. The highest BCUT2D eigenvalue weighted by Crippen LogP contribution is 2.25. The Morgan fingerprint density at radius 3 is 1.59 bits per heavy atom. The van der Waals surface area contributed by atoms with Crippen molar-refractivity contribution in [1.29, 1.82) is 0 Å². The SMILES string of the molecule is CC(C)C[C@@H]1NC(=O)[C@H](Cc2cccc(Cl)c2)N(C)C(=O)[C@H](CC(C)C)N(C)C(=O)[C@H](COCCO)NC(=O)[C@H](C(C)C)N(C)C(=O)C[C@@H](C(=O)N2CCCCC2)NC(=O)[C@H](CC(C)C)N(C)C(=O)CN(C)C(O)[C@H]([C@@H](C)O)NC(=O)[C@H](CC(C)C)N(C)C(=O)[C@H](CCc2ccccc2)N(C)C1=O. The van der Waals surface area contributed by atoms with E-state index in [1.54, 1.807) is 43.0 Å². The molecule has 2 aromatic carbocycles. The van der Waals surface area contributed by atoms with Crippen LogP contribution in [0.15, 0.2) is 54.6 Å². The number of aliphatic hydroxyl groups excluding tert-OH is 3. The normalized spacial score (nSPS) is 25.6. The van der Waals surface area contributed by atoms with E-state index in [1.165, 1.54) is 80.8 Å². The number of nitrogens with zero attached hydrogens (tertiary/aromatic N) is 8. The zero-order chi connectivity index (χ0) is 77.4. The summed E-state index contributed by atoms with van der Waals surface area (Å²) in [5, 5.41) is 44.9. The molecule has 12 atom stereocenters. The molecule has 578 valence electrons. The number of benzene rings is 2. The first kappa shape index (κ1) is 88.1. The molecule has 0 bridgehead atoms. The lowest BCUT2D eigenvalue weighted by Crippen LogP contribution is -2.63. The van der Waals surface area contributed by atoms with Gasteiger partial charge in [0.05, 0.1) is 44.9 Å². The number of ether oxygens (including phenoxy) is 1.